The first kappa shape index (κ1) is 40.5. The molecule has 0 aliphatic carbocycles. The second-order valence-corrected chi connectivity index (χ2v) is 13.8. The Morgan fingerprint density at radius 2 is 0.717 bits per heavy atom. The smallest absolute Gasteiger partial charge is 0.0992 e. The third kappa shape index (κ3) is 19.8. The second-order valence-electron chi connectivity index (χ2n) is 13.8. The normalized spacial score (nSPS) is 11.7. The van der Waals surface area contributed by atoms with Gasteiger partial charge in [0.2, 0.25) is 0 Å². The van der Waals surface area contributed by atoms with E-state index in [1.807, 2.05) is 0 Å². The van der Waals surface area contributed by atoms with Crippen LogP contribution in [0.25, 0.3) is 11.1 Å². The lowest BCUT2D eigenvalue weighted by molar-refractivity contribution is 0.0311. The number of benzene rings is 2. The Labute approximate surface area is 285 Å². The molecule has 0 aromatic heterocycles. The van der Waals surface area contributed by atoms with Crippen LogP contribution in [0.3, 0.4) is 0 Å². The predicted molar refractivity (Wildman–Crippen MR) is 200 cm³/mol. The summed E-state index contributed by atoms with van der Waals surface area (Å²) >= 11 is 0. The van der Waals surface area contributed by atoms with Crippen LogP contribution in [-0.4, -0.2) is 50.4 Å². The summed E-state index contributed by atoms with van der Waals surface area (Å²) in [5.41, 5.74) is 4.97. The van der Waals surface area contributed by atoms with Crippen LogP contribution in [0.5, 0.6) is 0 Å². The van der Waals surface area contributed by atoms with Gasteiger partial charge in [-0.2, -0.15) is 0 Å². The Bertz CT molecular complexity index is 887. The molecule has 0 N–H and O–H groups in total. The number of nitrogens with zero attached hydrogens (tertiary/aromatic N) is 2. The number of rotatable bonds is 31. The highest BCUT2D eigenvalue weighted by atomic mass is 16.5. The molecule has 0 saturated heterocycles. The molecule has 4 nitrogen and oxygen atoms in total. The number of hydrogen-bond acceptors (Lipinski definition) is 4. The molecule has 0 fully saturated rings. The molecule has 0 unspecified atom stereocenters. The fourth-order valence-electron chi connectivity index (χ4n) is 6.31. The van der Waals surface area contributed by atoms with E-state index in [1.54, 1.807) is 0 Å². The van der Waals surface area contributed by atoms with Crippen molar-refractivity contribution in [1.82, 2.24) is 9.80 Å². The van der Waals surface area contributed by atoms with Crippen molar-refractivity contribution in [3.05, 3.63) is 59.7 Å². The maximum absolute atomic E-state index is 6.21. The lowest BCUT2D eigenvalue weighted by Gasteiger charge is -2.19. The third-order valence-electron chi connectivity index (χ3n) is 9.25. The highest BCUT2D eigenvalue weighted by molar-refractivity contribution is 5.70. The fourth-order valence-corrected chi connectivity index (χ4v) is 6.31. The molecule has 0 amide bonds. The number of unbranched alkanes of at least 4 members (excludes halogenated alkanes) is 18. The highest BCUT2D eigenvalue weighted by Crippen LogP contribution is 2.28. The average Bonchev–Trinajstić information content (AvgIpc) is 3.07. The van der Waals surface area contributed by atoms with E-state index in [1.165, 1.54) is 151 Å². The number of hydrogen-bond donors (Lipinski definition) is 0. The molecule has 2 aromatic carbocycles. The van der Waals surface area contributed by atoms with Gasteiger partial charge < -0.3 is 9.47 Å². The molecule has 0 saturated carbocycles. The van der Waals surface area contributed by atoms with Gasteiger partial charge in [-0.1, -0.05) is 178 Å². The van der Waals surface area contributed by atoms with Crippen molar-refractivity contribution in [2.45, 2.75) is 155 Å². The maximum Gasteiger partial charge on any atom is 0.0992 e. The van der Waals surface area contributed by atoms with Gasteiger partial charge >= 0.3 is 0 Å². The zero-order chi connectivity index (χ0) is 32.9. The molecule has 0 heterocycles. The zero-order valence-electron chi connectivity index (χ0n) is 30.7. The molecular weight excluding hydrogens is 564 g/mol. The van der Waals surface area contributed by atoms with Gasteiger partial charge in [-0.05, 0) is 62.3 Å². The first-order chi connectivity index (χ1) is 22.7. The first-order valence-corrected chi connectivity index (χ1v) is 19.3. The van der Waals surface area contributed by atoms with Gasteiger partial charge in [0.15, 0.2) is 0 Å². The van der Waals surface area contributed by atoms with Crippen molar-refractivity contribution in [3.63, 3.8) is 0 Å². The van der Waals surface area contributed by atoms with Crippen LogP contribution >= 0.6 is 0 Å². The summed E-state index contributed by atoms with van der Waals surface area (Å²) in [6, 6.07) is 17.4. The van der Waals surface area contributed by atoms with Crippen molar-refractivity contribution in [2.24, 2.45) is 0 Å². The Kier molecular flexibility index (Phi) is 24.9. The van der Waals surface area contributed by atoms with E-state index in [0.29, 0.717) is 26.7 Å². The molecule has 0 atom stereocenters. The summed E-state index contributed by atoms with van der Waals surface area (Å²) in [6.45, 7) is 9.36. The Balaban J connectivity index is 1.65. The molecular formula is C42H72N2O2. The molecule has 0 bridgehead atoms. The van der Waals surface area contributed by atoms with E-state index in [-0.39, 0.29) is 0 Å². The van der Waals surface area contributed by atoms with Crippen LogP contribution in [0.2, 0.25) is 0 Å². The minimum atomic E-state index is 0.620. The molecule has 4 heteroatoms. The lowest BCUT2D eigenvalue weighted by Crippen LogP contribution is -2.23. The van der Waals surface area contributed by atoms with Gasteiger partial charge in [0.05, 0.1) is 26.7 Å². The predicted octanol–water partition coefficient (Wildman–Crippen LogP) is 12.0. The van der Waals surface area contributed by atoms with E-state index in [9.17, 15) is 0 Å². The van der Waals surface area contributed by atoms with Gasteiger partial charge in [0.1, 0.15) is 0 Å². The molecule has 262 valence electrons. The van der Waals surface area contributed by atoms with E-state index in [2.05, 4.69) is 86.3 Å². The van der Waals surface area contributed by atoms with E-state index in [0.717, 1.165) is 13.1 Å². The minimum absolute atomic E-state index is 0.620. The fraction of sp³-hybridized carbons (Fsp3) is 0.714. The van der Waals surface area contributed by atoms with Crippen LogP contribution in [0.1, 0.15) is 153 Å². The molecule has 2 aromatic rings. The summed E-state index contributed by atoms with van der Waals surface area (Å²) in [6.07, 6.45) is 27.5. The minimum Gasteiger partial charge on any atom is -0.361 e. The van der Waals surface area contributed by atoms with Gasteiger partial charge in [-0.25, -0.2) is 0 Å². The largest absolute Gasteiger partial charge is 0.361 e. The summed E-state index contributed by atoms with van der Waals surface area (Å²) in [5.74, 6) is 0. The highest BCUT2D eigenvalue weighted by Gasteiger charge is 2.11. The number of ether oxygens (including phenoxy) is 2. The van der Waals surface area contributed by atoms with Gasteiger partial charge in [-0.15, -0.1) is 0 Å². The van der Waals surface area contributed by atoms with Crippen LogP contribution in [0.15, 0.2) is 48.5 Å². The molecule has 46 heavy (non-hydrogen) atoms. The van der Waals surface area contributed by atoms with Crippen molar-refractivity contribution in [2.75, 3.05) is 40.6 Å². The van der Waals surface area contributed by atoms with Crippen LogP contribution in [0, 0.1) is 0 Å². The van der Waals surface area contributed by atoms with E-state index >= 15 is 0 Å². The van der Waals surface area contributed by atoms with Crippen molar-refractivity contribution in [3.8, 4) is 11.1 Å². The lowest BCUT2D eigenvalue weighted by atomic mass is 9.96. The van der Waals surface area contributed by atoms with E-state index in [4.69, 9.17) is 9.47 Å². The molecule has 0 spiro atoms. The summed E-state index contributed by atoms with van der Waals surface area (Å²) in [4.78, 5) is 4.64. The van der Waals surface area contributed by atoms with Crippen LogP contribution < -0.4 is 0 Å². The quantitative estimate of drug-likeness (QED) is 0.0607. The monoisotopic (exact) mass is 637 g/mol. The zero-order valence-corrected chi connectivity index (χ0v) is 30.7. The topological polar surface area (TPSA) is 24.9 Å². The Hall–Kier alpha value is -1.72. The molecule has 0 radical (unpaired) electrons. The Morgan fingerprint density at radius 1 is 0.413 bits per heavy atom. The Morgan fingerprint density at radius 3 is 1.07 bits per heavy atom. The second kappa shape index (κ2) is 28.3. The van der Waals surface area contributed by atoms with Gasteiger partial charge in [0, 0.05) is 0 Å². The molecule has 0 aliphatic heterocycles. The SMILES string of the molecule is CCCCCCCCCCCCN(C)COCc1ccccc1-c1ccccc1COCN(C)CCCCCCCCCCCC. The van der Waals surface area contributed by atoms with Crippen molar-refractivity contribution >= 4 is 0 Å². The van der Waals surface area contributed by atoms with Crippen LogP contribution in [0.4, 0.5) is 0 Å². The third-order valence-corrected chi connectivity index (χ3v) is 9.25. The standard InChI is InChI=1S/C42H72N2O2/c1-5-7-9-11-13-15-17-19-21-27-33-43(3)37-45-35-39-29-23-25-31-41(39)42-32-26-24-30-40(42)36-46-38-44(4)34-28-22-20-18-16-14-12-10-8-6-2/h23-26,29-32H,5-22,27-28,33-38H2,1-4H3. The summed E-state index contributed by atoms with van der Waals surface area (Å²) in [5, 5.41) is 0. The van der Waals surface area contributed by atoms with E-state index < -0.39 is 0 Å². The molecule has 0 aliphatic rings. The average molecular weight is 637 g/mol. The van der Waals surface area contributed by atoms with Crippen molar-refractivity contribution < 1.29 is 9.47 Å². The van der Waals surface area contributed by atoms with Crippen LogP contribution in [-0.2, 0) is 22.7 Å². The molecule has 2 rings (SSSR count). The van der Waals surface area contributed by atoms with Gasteiger partial charge in [0.25, 0.3) is 0 Å². The van der Waals surface area contributed by atoms with Crippen molar-refractivity contribution in [1.29, 1.82) is 0 Å². The summed E-state index contributed by atoms with van der Waals surface area (Å²) in [7, 11) is 4.36. The summed E-state index contributed by atoms with van der Waals surface area (Å²) < 4.78 is 12.4. The maximum atomic E-state index is 6.21. The first-order valence-electron chi connectivity index (χ1n) is 19.3. The van der Waals surface area contributed by atoms with Gasteiger partial charge in [-0.3, -0.25) is 9.80 Å².